The summed E-state index contributed by atoms with van der Waals surface area (Å²) in [5.41, 5.74) is 0.683. The summed E-state index contributed by atoms with van der Waals surface area (Å²) in [4.78, 5) is 25.7. The summed E-state index contributed by atoms with van der Waals surface area (Å²) in [7, 11) is 0. The van der Waals surface area contributed by atoms with Crippen LogP contribution in [0.4, 0.5) is 5.69 Å². The molecule has 3 heteroatoms. The Bertz CT molecular complexity index is 400. The molecule has 0 atom stereocenters. The molecule has 0 heterocycles. The van der Waals surface area contributed by atoms with Gasteiger partial charge in [0.05, 0.1) is 5.69 Å². The number of para-hydroxylation sites is 1. The summed E-state index contributed by atoms with van der Waals surface area (Å²) in [6.45, 7) is 4.05. The van der Waals surface area contributed by atoms with Gasteiger partial charge in [0.25, 0.3) is 0 Å². The van der Waals surface area contributed by atoms with Crippen LogP contribution in [0.25, 0.3) is 0 Å². The first kappa shape index (κ1) is 15.4. The minimum absolute atomic E-state index is 0.0851. The average molecular weight is 261 g/mol. The lowest BCUT2D eigenvalue weighted by molar-refractivity contribution is -0.126. The van der Waals surface area contributed by atoms with E-state index in [1.54, 1.807) is 0 Å². The maximum atomic E-state index is 12.2. The van der Waals surface area contributed by atoms with Crippen LogP contribution in [-0.4, -0.2) is 11.8 Å². The molecule has 0 radical (unpaired) electrons. The van der Waals surface area contributed by atoms with Gasteiger partial charge in [-0.15, -0.1) is 0 Å². The Balaban J connectivity index is 2.81. The molecule has 0 aliphatic heterocycles. The number of nitrogens with zero attached hydrogens (tertiary/aromatic N) is 1. The fourth-order valence-corrected chi connectivity index (χ4v) is 1.97. The number of unbranched alkanes of at least 4 members (excludes halogenated alkanes) is 2. The molecular weight excluding hydrogens is 238 g/mol. The van der Waals surface area contributed by atoms with E-state index in [9.17, 15) is 9.59 Å². The average Bonchev–Trinajstić information content (AvgIpc) is 2.41. The molecule has 104 valence electrons. The second-order valence-electron chi connectivity index (χ2n) is 4.67. The van der Waals surface area contributed by atoms with Gasteiger partial charge in [0.2, 0.25) is 11.8 Å². The molecule has 0 unspecified atom stereocenters. The number of hydrogen-bond acceptors (Lipinski definition) is 2. The highest BCUT2D eigenvalue weighted by molar-refractivity contribution is 6.14. The number of hydrogen-bond donors (Lipinski definition) is 0. The third-order valence-corrected chi connectivity index (χ3v) is 2.97. The van der Waals surface area contributed by atoms with Crippen LogP contribution in [-0.2, 0) is 9.59 Å². The van der Waals surface area contributed by atoms with Gasteiger partial charge < -0.3 is 0 Å². The number of carbonyl (C=O) groups excluding carboxylic acids is 2. The third kappa shape index (κ3) is 4.86. The Hall–Kier alpha value is -1.64. The maximum Gasteiger partial charge on any atom is 0.233 e. The highest BCUT2D eigenvalue weighted by Crippen LogP contribution is 2.17. The molecule has 3 nitrogen and oxygen atoms in total. The third-order valence-electron chi connectivity index (χ3n) is 2.97. The van der Waals surface area contributed by atoms with Gasteiger partial charge >= 0.3 is 0 Å². The molecule has 1 aromatic carbocycles. The van der Waals surface area contributed by atoms with Crippen molar-refractivity contribution in [2.24, 2.45) is 0 Å². The Labute approximate surface area is 115 Å². The van der Waals surface area contributed by atoms with Gasteiger partial charge in [-0.25, -0.2) is 0 Å². The molecule has 19 heavy (non-hydrogen) atoms. The zero-order valence-electron chi connectivity index (χ0n) is 11.9. The smallest absolute Gasteiger partial charge is 0.233 e. The van der Waals surface area contributed by atoms with Crippen molar-refractivity contribution < 1.29 is 9.59 Å². The van der Waals surface area contributed by atoms with Gasteiger partial charge in [0, 0.05) is 12.8 Å². The molecule has 1 rings (SSSR count). The van der Waals surface area contributed by atoms with Crippen molar-refractivity contribution in [1.82, 2.24) is 0 Å². The number of benzene rings is 1. The quantitative estimate of drug-likeness (QED) is 0.697. The number of carbonyl (C=O) groups is 2. The van der Waals surface area contributed by atoms with E-state index in [1.165, 1.54) is 4.90 Å². The van der Waals surface area contributed by atoms with E-state index in [-0.39, 0.29) is 11.8 Å². The van der Waals surface area contributed by atoms with Crippen LogP contribution in [0.15, 0.2) is 30.3 Å². The lowest BCUT2D eigenvalue weighted by atomic mass is 10.1. The van der Waals surface area contributed by atoms with Gasteiger partial charge in [-0.1, -0.05) is 44.9 Å². The minimum atomic E-state index is -0.102. The van der Waals surface area contributed by atoms with E-state index in [2.05, 4.69) is 6.92 Å². The number of rotatable bonds is 7. The fraction of sp³-hybridized carbons (Fsp3) is 0.500. The number of amides is 2. The Morgan fingerprint density at radius 1 is 0.895 bits per heavy atom. The van der Waals surface area contributed by atoms with E-state index < -0.39 is 0 Å². The number of anilines is 1. The van der Waals surface area contributed by atoms with Crippen LogP contribution in [0, 0.1) is 0 Å². The van der Waals surface area contributed by atoms with Gasteiger partial charge in [-0.3, -0.25) is 14.5 Å². The van der Waals surface area contributed by atoms with Crippen molar-refractivity contribution in [1.29, 1.82) is 0 Å². The standard InChI is InChI=1S/C16H23NO2/c1-3-5-7-13-16(19)17(15(18)10-4-2)14-11-8-6-9-12-14/h6,8-9,11-12H,3-5,7,10,13H2,1-2H3. The molecule has 0 aliphatic rings. The van der Waals surface area contributed by atoms with Crippen molar-refractivity contribution >= 4 is 17.5 Å². The number of imide groups is 1. The first-order valence-corrected chi connectivity index (χ1v) is 7.11. The topological polar surface area (TPSA) is 37.4 Å². The molecule has 0 fully saturated rings. The van der Waals surface area contributed by atoms with Crippen LogP contribution < -0.4 is 4.90 Å². The molecule has 0 spiro atoms. The van der Waals surface area contributed by atoms with E-state index in [0.29, 0.717) is 18.5 Å². The SMILES string of the molecule is CCCCCC(=O)N(C(=O)CCC)c1ccccc1. The summed E-state index contributed by atoms with van der Waals surface area (Å²) in [6, 6.07) is 9.20. The zero-order chi connectivity index (χ0) is 14.1. The Morgan fingerprint density at radius 3 is 2.11 bits per heavy atom. The summed E-state index contributed by atoms with van der Waals surface area (Å²) in [5.74, 6) is -0.187. The van der Waals surface area contributed by atoms with E-state index in [4.69, 9.17) is 0 Å². The first-order valence-electron chi connectivity index (χ1n) is 7.11. The van der Waals surface area contributed by atoms with Crippen LogP contribution in [0.5, 0.6) is 0 Å². The minimum Gasteiger partial charge on any atom is -0.274 e. The zero-order valence-corrected chi connectivity index (χ0v) is 11.9. The van der Waals surface area contributed by atoms with Crippen molar-refractivity contribution in [2.75, 3.05) is 4.90 Å². The van der Waals surface area contributed by atoms with E-state index in [0.717, 1.165) is 25.7 Å². The van der Waals surface area contributed by atoms with E-state index in [1.807, 2.05) is 37.3 Å². The molecule has 1 aromatic rings. The second kappa shape index (κ2) is 8.46. The van der Waals surface area contributed by atoms with Crippen LogP contribution >= 0.6 is 0 Å². The van der Waals surface area contributed by atoms with Crippen LogP contribution in [0.3, 0.4) is 0 Å². The largest absolute Gasteiger partial charge is 0.274 e. The molecule has 2 amide bonds. The highest BCUT2D eigenvalue weighted by Gasteiger charge is 2.21. The lowest BCUT2D eigenvalue weighted by Gasteiger charge is -2.20. The van der Waals surface area contributed by atoms with Crippen molar-refractivity contribution in [3.8, 4) is 0 Å². The van der Waals surface area contributed by atoms with E-state index >= 15 is 0 Å². The van der Waals surface area contributed by atoms with Crippen LogP contribution in [0.1, 0.15) is 52.4 Å². The molecular formula is C16H23NO2. The summed E-state index contributed by atoms with van der Waals surface area (Å²) >= 11 is 0. The monoisotopic (exact) mass is 261 g/mol. The van der Waals surface area contributed by atoms with Crippen molar-refractivity contribution in [2.45, 2.75) is 52.4 Å². The predicted molar refractivity (Wildman–Crippen MR) is 78.0 cm³/mol. The first-order chi connectivity index (χ1) is 9.20. The van der Waals surface area contributed by atoms with Gasteiger partial charge in [0.15, 0.2) is 0 Å². The predicted octanol–water partition coefficient (Wildman–Crippen LogP) is 3.93. The van der Waals surface area contributed by atoms with Crippen molar-refractivity contribution in [3.05, 3.63) is 30.3 Å². The van der Waals surface area contributed by atoms with Gasteiger partial charge in [-0.05, 0) is 25.0 Å². The lowest BCUT2D eigenvalue weighted by Crippen LogP contribution is -2.36. The van der Waals surface area contributed by atoms with Crippen LogP contribution in [0.2, 0.25) is 0 Å². The normalized spacial score (nSPS) is 10.2. The Morgan fingerprint density at radius 2 is 1.53 bits per heavy atom. The van der Waals surface area contributed by atoms with Gasteiger partial charge in [0.1, 0.15) is 0 Å². The van der Waals surface area contributed by atoms with Crippen molar-refractivity contribution in [3.63, 3.8) is 0 Å². The van der Waals surface area contributed by atoms with Gasteiger partial charge in [-0.2, -0.15) is 0 Å². The molecule has 0 aliphatic carbocycles. The molecule has 0 saturated carbocycles. The fourth-order valence-electron chi connectivity index (χ4n) is 1.97. The summed E-state index contributed by atoms with van der Waals surface area (Å²) < 4.78 is 0. The second-order valence-corrected chi connectivity index (χ2v) is 4.67. The summed E-state index contributed by atoms with van der Waals surface area (Å²) in [5, 5.41) is 0. The summed E-state index contributed by atoms with van der Waals surface area (Å²) in [6.07, 6.45) is 4.55. The highest BCUT2D eigenvalue weighted by atomic mass is 16.2. The molecule has 0 bridgehead atoms. The molecule has 0 N–H and O–H groups in total. The maximum absolute atomic E-state index is 12.2. The Kier molecular flexibility index (Phi) is 6.86. The molecule has 0 aromatic heterocycles. The molecule has 0 saturated heterocycles.